The molecule has 0 aliphatic carbocycles. The first-order chi connectivity index (χ1) is 14.3. The quantitative estimate of drug-likeness (QED) is 0.371. The van der Waals surface area contributed by atoms with Gasteiger partial charge < -0.3 is 20.0 Å². The third kappa shape index (κ3) is 5.02. The molecule has 0 radical (unpaired) electrons. The van der Waals surface area contributed by atoms with E-state index < -0.39 is 0 Å². The van der Waals surface area contributed by atoms with Crippen molar-refractivity contribution in [3.05, 3.63) is 72.2 Å². The minimum absolute atomic E-state index is 0.241. The summed E-state index contributed by atoms with van der Waals surface area (Å²) >= 11 is 0. The fourth-order valence-corrected chi connectivity index (χ4v) is 2.85. The van der Waals surface area contributed by atoms with Gasteiger partial charge in [-0.3, -0.25) is 4.79 Å². The van der Waals surface area contributed by atoms with Crippen LogP contribution in [0.25, 0.3) is 11.0 Å². The highest BCUT2D eigenvalue weighted by atomic mass is 16.3. The number of nitrogens with one attached hydrogen (secondary N) is 3. The molecule has 0 aliphatic heterocycles. The molecule has 4 aromatic rings. The first-order valence-electron chi connectivity index (χ1n) is 9.41. The van der Waals surface area contributed by atoms with E-state index in [1.54, 1.807) is 18.5 Å². The van der Waals surface area contributed by atoms with Gasteiger partial charge in [0, 0.05) is 38.3 Å². The molecule has 0 saturated heterocycles. The van der Waals surface area contributed by atoms with E-state index in [1.807, 2.05) is 24.3 Å². The lowest BCUT2D eigenvalue weighted by molar-refractivity contribution is 0.0945. The average Bonchev–Trinajstić information content (AvgIpc) is 3.39. The molecule has 0 spiro atoms. The number of aromatic nitrogens is 5. The molecular weight excluding hydrogens is 370 g/mol. The van der Waals surface area contributed by atoms with Crippen LogP contribution in [0.5, 0.6) is 0 Å². The third-order valence-corrected chi connectivity index (χ3v) is 4.30. The molecule has 9 heteroatoms. The zero-order valence-electron chi connectivity index (χ0n) is 15.8. The molecule has 0 fully saturated rings. The van der Waals surface area contributed by atoms with Crippen LogP contribution in [0, 0.1) is 0 Å². The number of carbonyl (C=O) groups excluding carboxylic acids is 1. The highest BCUT2D eigenvalue weighted by molar-refractivity contribution is 5.91. The minimum Gasteiger partial charge on any atom is -0.448 e. The number of fused-ring (bicyclic) bond motifs is 1. The van der Waals surface area contributed by atoms with Crippen LogP contribution in [0.1, 0.15) is 28.0 Å². The van der Waals surface area contributed by atoms with Crippen molar-refractivity contribution in [3.63, 3.8) is 0 Å². The van der Waals surface area contributed by atoms with Gasteiger partial charge in [-0.2, -0.15) is 0 Å². The van der Waals surface area contributed by atoms with Crippen molar-refractivity contribution < 1.29 is 9.21 Å². The summed E-state index contributed by atoms with van der Waals surface area (Å²) < 4.78 is 5.38. The summed E-state index contributed by atoms with van der Waals surface area (Å²) in [5.74, 6) is 1.70. The summed E-state index contributed by atoms with van der Waals surface area (Å²) in [6.07, 6.45) is 6.02. The number of benzene rings is 1. The van der Waals surface area contributed by atoms with E-state index in [9.17, 15) is 4.79 Å². The Kier molecular flexibility index (Phi) is 5.87. The summed E-state index contributed by atoms with van der Waals surface area (Å²) in [4.78, 5) is 32.3. The number of H-pyrrole nitrogens is 1. The van der Waals surface area contributed by atoms with Crippen molar-refractivity contribution in [2.24, 2.45) is 0 Å². The first-order valence-corrected chi connectivity index (χ1v) is 9.41. The molecule has 4 rings (SSSR count). The number of amides is 1. The predicted molar refractivity (Wildman–Crippen MR) is 106 cm³/mol. The number of aromatic amines is 1. The second kappa shape index (κ2) is 9.07. The molecule has 3 heterocycles. The third-order valence-electron chi connectivity index (χ3n) is 4.30. The Morgan fingerprint density at radius 2 is 1.86 bits per heavy atom. The van der Waals surface area contributed by atoms with Crippen molar-refractivity contribution in [2.45, 2.75) is 19.4 Å². The van der Waals surface area contributed by atoms with E-state index in [1.165, 1.54) is 6.26 Å². The Morgan fingerprint density at radius 3 is 2.72 bits per heavy atom. The molecule has 0 unspecified atom stereocenters. The van der Waals surface area contributed by atoms with Crippen LogP contribution in [-0.4, -0.2) is 43.9 Å². The van der Waals surface area contributed by atoms with Crippen LogP contribution in [0.15, 0.2) is 53.4 Å². The highest BCUT2D eigenvalue weighted by Crippen LogP contribution is 2.10. The van der Waals surface area contributed by atoms with Gasteiger partial charge in [0.15, 0.2) is 11.6 Å². The smallest absolute Gasteiger partial charge is 0.273 e. The monoisotopic (exact) mass is 391 g/mol. The molecular formula is C20H21N7O2. The van der Waals surface area contributed by atoms with Crippen molar-refractivity contribution in [2.75, 3.05) is 13.1 Å². The van der Waals surface area contributed by atoms with Crippen LogP contribution in [0.2, 0.25) is 0 Å². The SMILES string of the molecule is O=C(NCc1ncccn1)c1coc(CCNCCc2nc3ccccc3[nH]2)n1. The Hall–Kier alpha value is -3.59. The maximum absolute atomic E-state index is 12.1. The van der Waals surface area contributed by atoms with E-state index in [0.717, 1.165) is 29.8 Å². The zero-order valence-corrected chi connectivity index (χ0v) is 15.8. The van der Waals surface area contributed by atoms with Crippen LogP contribution in [0.3, 0.4) is 0 Å². The number of para-hydroxylation sites is 2. The number of hydrogen-bond acceptors (Lipinski definition) is 7. The summed E-state index contributed by atoms with van der Waals surface area (Å²) in [6, 6.07) is 9.70. The lowest BCUT2D eigenvalue weighted by Gasteiger charge is -2.01. The molecule has 3 N–H and O–H groups in total. The Bertz CT molecular complexity index is 1040. The maximum atomic E-state index is 12.1. The Labute approximate surface area is 167 Å². The van der Waals surface area contributed by atoms with Crippen molar-refractivity contribution in [1.82, 2.24) is 35.6 Å². The van der Waals surface area contributed by atoms with Crippen LogP contribution >= 0.6 is 0 Å². The standard InChI is InChI=1S/C20H21N7O2/c28-20(24-12-18-22-8-3-9-23-18)16-13-29-19(27-16)7-11-21-10-6-17-25-14-4-1-2-5-15(14)26-17/h1-5,8-9,13,21H,6-7,10-12H2,(H,24,28)(H,25,26). The molecule has 0 saturated carbocycles. The van der Waals surface area contributed by atoms with E-state index in [0.29, 0.717) is 24.7 Å². The second-order valence-electron chi connectivity index (χ2n) is 6.42. The molecule has 29 heavy (non-hydrogen) atoms. The van der Waals surface area contributed by atoms with Gasteiger partial charge in [-0.25, -0.2) is 19.9 Å². The lowest BCUT2D eigenvalue weighted by Crippen LogP contribution is -2.24. The molecule has 148 valence electrons. The van der Waals surface area contributed by atoms with Gasteiger partial charge in [0.25, 0.3) is 5.91 Å². The minimum atomic E-state index is -0.315. The highest BCUT2D eigenvalue weighted by Gasteiger charge is 2.12. The zero-order chi connectivity index (χ0) is 19.9. The average molecular weight is 391 g/mol. The molecule has 0 aliphatic rings. The summed E-state index contributed by atoms with van der Waals surface area (Å²) in [7, 11) is 0. The normalized spacial score (nSPS) is 11.0. The molecule has 0 bridgehead atoms. The van der Waals surface area contributed by atoms with Gasteiger partial charge in [0.2, 0.25) is 0 Å². The van der Waals surface area contributed by atoms with Gasteiger partial charge in [-0.15, -0.1) is 0 Å². The number of oxazole rings is 1. The van der Waals surface area contributed by atoms with Crippen molar-refractivity contribution in [1.29, 1.82) is 0 Å². The van der Waals surface area contributed by atoms with Crippen LogP contribution in [-0.2, 0) is 19.4 Å². The lowest BCUT2D eigenvalue weighted by atomic mass is 10.3. The van der Waals surface area contributed by atoms with Crippen molar-refractivity contribution in [3.8, 4) is 0 Å². The Morgan fingerprint density at radius 1 is 1.03 bits per heavy atom. The molecule has 1 aromatic carbocycles. The van der Waals surface area contributed by atoms with Gasteiger partial charge in [-0.1, -0.05) is 12.1 Å². The largest absolute Gasteiger partial charge is 0.448 e. The first kappa shape index (κ1) is 18.8. The Balaban J connectivity index is 1.17. The fraction of sp³-hybridized carbons (Fsp3) is 0.250. The number of hydrogen-bond donors (Lipinski definition) is 3. The second-order valence-corrected chi connectivity index (χ2v) is 6.42. The molecule has 1 amide bonds. The van der Waals surface area contributed by atoms with Gasteiger partial charge in [-0.05, 0) is 18.2 Å². The van der Waals surface area contributed by atoms with Gasteiger partial charge >= 0.3 is 0 Å². The number of nitrogens with zero attached hydrogens (tertiary/aromatic N) is 4. The predicted octanol–water partition coefficient (Wildman–Crippen LogP) is 1.65. The topological polar surface area (TPSA) is 122 Å². The number of carbonyl (C=O) groups is 1. The number of rotatable bonds is 9. The summed E-state index contributed by atoms with van der Waals surface area (Å²) in [6.45, 7) is 1.72. The van der Waals surface area contributed by atoms with E-state index in [4.69, 9.17) is 4.42 Å². The van der Waals surface area contributed by atoms with Gasteiger partial charge in [0.1, 0.15) is 17.9 Å². The fourth-order valence-electron chi connectivity index (χ4n) is 2.85. The van der Waals surface area contributed by atoms with Crippen molar-refractivity contribution >= 4 is 16.9 Å². The van der Waals surface area contributed by atoms with E-state index in [-0.39, 0.29) is 18.1 Å². The van der Waals surface area contributed by atoms with Crippen LogP contribution < -0.4 is 10.6 Å². The molecule has 3 aromatic heterocycles. The number of imidazole rings is 1. The summed E-state index contributed by atoms with van der Waals surface area (Å²) in [5.41, 5.74) is 2.28. The maximum Gasteiger partial charge on any atom is 0.273 e. The summed E-state index contributed by atoms with van der Waals surface area (Å²) in [5, 5.41) is 6.06. The molecule has 9 nitrogen and oxygen atoms in total. The van der Waals surface area contributed by atoms with Gasteiger partial charge in [0.05, 0.1) is 17.6 Å². The van der Waals surface area contributed by atoms with Crippen LogP contribution in [0.4, 0.5) is 0 Å². The molecule has 0 atom stereocenters. The van der Waals surface area contributed by atoms with E-state index in [2.05, 4.69) is 35.6 Å². The van der Waals surface area contributed by atoms with E-state index >= 15 is 0 Å².